The Kier molecular flexibility index (Phi) is 3.06. The van der Waals surface area contributed by atoms with Gasteiger partial charge in [-0.2, -0.15) is 10.4 Å². The Morgan fingerprint density at radius 2 is 2.11 bits per heavy atom. The van der Waals surface area contributed by atoms with Crippen molar-refractivity contribution >= 4 is 5.69 Å². The summed E-state index contributed by atoms with van der Waals surface area (Å²) in [5.74, 6) is 0. The average molecular weight is 243 g/mol. The zero-order valence-electron chi connectivity index (χ0n) is 9.74. The van der Waals surface area contributed by atoms with Crippen LogP contribution >= 0.6 is 0 Å². The Labute approximate surface area is 103 Å². The van der Waals surface area contributed by atoms with Crippen LogP contribution in [-0.4, -0.2) is 19.9 Å². The zero-order chi connectivity index (χ0) is 13.1. The van der Waals surface area contributed by atoms with Crippen LogP contribution in [0.2, 0.25) is 0 Å². The molecular weight excluding hydrogens is 232 g/mol. The summed E-state index contributed by atoms with van der Waals surface area (Å²) in [5, 5.41) is 21.6. The predicted molar refractivity (Wildman–Crippen MR) is 62.3 cm³/mol. The molecule has 0 radical (unpaired) electrons. The molecule has 1 aromatic carbocycles. The molecule has 0 unspecified atom stereocenters. The monoisotopic (exact) mass is 243 g/mol. The number of aryl methyl sites for hydroxylation is 1. The van der Waals surface area contributed by atoms with E-state index in [1.54, 1.807) is 23.7 Å². The molecule has 0 bridgehead atoms. The van der Waals surface area contributed by atoms with Gasteiger partial charge in [0.05, 0.1) is 23.1 Å². The molecule has 0 saturated carbocycles. The van der Waals surface area contributed by atoms with Crippen molar-refractivity contribution in [2.45, 2.75) is 13.5 Å². The molecule has 1 N–H and O–H groups in total. The third-order valence-electron chi connectivity index (χ3n) is 2.55. The van der Waals surface area contributed by atoms with Crippen LogP contribution in [0.4, 0.5) is 5.69 Å². The smallest absolute Gasteiger partial charge is 0.261 e. The van der Waals surface area contributed by atoms with E-state index in [-0.39, 0.29) is 10.6 Å². The van der Waals surface area contributed by atoms with Gasteiger partial charge in [0.15, 0.2) is 0 Å². The summed E-state index contributed by atoms with van der Waals surface area (Å²) in [6, 6.07) is 9.13. The van der Waals surface area contributed by atoms with E-state index in [9.17, 15) is 4.91 Å². The van der Waals surface area contributed by atoms with Crippen LogP contribution in [0.3, 0.4) is 0 Å². The van der Waals surface area contributed by atoms with Crippen molar-refractivity contribution in [3.63, 3.8) is 0 Å². The van der Waals surface area contributed by atoms with Gasteiger partial charge in [0, 0.05) is 0 Å². The highest BCUT2D eigenvalue weighted by Gasteiger charge is 2.20. The number of rotatable bonds is 3. The van der Waals surface area contributed by atoms with Gasteiger partial charge in [-0.15, -0.1) is 0 Å². The van der Waals surface area contributed by atoms with E-state index >= 15 is 0 Å². The van der Waals surface area contributed by atoms with E-state index in [2.05, 4.69) is 5.10 Å². The van der Waals surface area contributed by atoms with Crippen molar-refractivity contribution < 1.29 is 10.1 Å². The molecule has 6 nitrogen and oxygen atoms in total. The van der Waals surface area contributed by atoms with Crippen molar-refractivity contribution in [1.29, 1.82) is 5.26 Å². The maximum atomic E-state index is 10.8. The van der Waals surface area contributed by atoms with Gasteiger partial charge in [0.1, 0.15) is 11.9 Å². The molecule has 1 aromatic heterocycles. The van der Waals surface area contributed by atoms with Crippen LogP contribution in [0.15, 0.2) is 30.5 Å². The zero-order valence-corrected chi connectivity index (χ0v) is 9.74. The molecule has 1 heterocycles. The lowest BCUT2D eigenvalue weighted by Crippen LogP contribution is -2.00. The predicted octanol–water partition coefficient (Wildman–Crippen LogP) is 1.91. The molecule has 0 saturated heterocycles. The first-order valence-corrected chi connectivity index (χ1v) is 5.29. The second-order valence-electron chi connectivity index (χ2n) is 3.88. The topological polar surface area (TPSA) is 81.9 Å². The number of nitrogens with zero attached hydrogens (tertiary/aromatic N) is 4. The summed E-state index contributed by atoms with van der Waals surface area (Å²) in [6.45, 7) is 2.12. The lowest BCUT2D eigenvalue weighted by atomic mass is 10.1. The number of nitriles is 1. The summed E-state index contributed by atoms with van der Waals surface area (Å²) < 4.78 is 1.56. The van der Waals surface area contributed by atoms with E-state index in [1.165, 1.54) is 6.20 Å². The first-order valence-electron chi connectivity index (χ1n) is 5.29. The van der Waals surface area contributed by atoms with E-state index in [4.69, 9.17) is 10.5 Å². The van der Waals surface area contributed by atoms with Gasteiger partial charge in [-0.25, -0.2) is 5.21 Å². The highest BCUT2D eigenvalue weighted by Crippen LogP contribution is 2.15. The molecule has 0 aliphatic carbocycles. The fourth-order valence-corrected chi connectivity index (χ4v) is 1.65. The second-order valence-corrected chi connectivity index (χ2v) is 3.88. The van der Waals surface area contributed by atoms with Crippen LogP contribution in [0, 0.1) is 23.2 Å². The van der Waals surface area contributed by atoms with Crippen LogP contribution < -0.4 is 0 Å². The van der Waals surface area contributed by atoms with Crippen molar-refractivity contribution in [3.8, 4) is 6.07 Å². The number of aromatic nitrogens is 2. The molecule has 6 heteroatoms. The molecule has 2 rings (SSSR count). The highest BCUT2D eigenvalue weighted by molar-refractivity contribution is 5.33. The Bertz CT molecular complexity index is 623. The van der Waals surface area contributed by atoms with E-state index in [0.29, 0.717) is 17.8 Å². The normalized spacial score (nSPS) is 10.0. The molecular formula is C12H11N4O2+. The first-order chi connectivity index (χ1) is 8.60. The van der Waals surface area contributed by atoms with Crippen LogP contribution in [0.25, 0.3) is 0 Å². The molecule has 0 amide bonds. The largest absolute Gasteiger partial charge is 0.356 e. The van der Waals surface area contributed by atoms with Crippen molar-refractivity contribution in [3.05, 3.63) is 52.2 Å². The minimum atomic E-state index is -0.197. The van der Waals surface area contributed by atoms with Gasteiger partial charge < -0.3 is 0 Å². The maximum absolute atomic E-state index is 10.8. The summed E-state index contributed by atoms with van der Waals surface area (Å²) in [6.07, 6.45) is 1.47. The molecule has 0 spiro atoms. The Hall–Kier alpha value is -2.68. The minimum Gasteiger partial charge on any atom is -0.261 e. The van der Waals surface area contributed by atoms with Crippen molar-refractivity contribution in [1.82, 2.24) is 9.78 Å². The standard InChI is InChI=1S/C12H11N4O2/c1-9-12(16(17)18)8-15(14-9)7-11-4-2-10(6-13)3-5-11/h2-5,8H,7H2,1H3,(H,17,18)/q+1. The third-order valence-corrected chi connectivity index (χ3v) is 2.55. The van der Waals surface area contributed by atoms with E-state index < -0.39 is 0 Å². The Morgan fingerprint density at radius 3 is 2.61 bits per heavy atom. The lowest BCUT2D eigenvalue weighted by Gasteiger charge is -2.00. The van der Waals surface area contributed by atoms with Gasteiger partial charge in [-0.1, -0.05) is 12.1 Å². The fourth-order valence-electron chi connectivity index (χ4n) is 1.65. The molecule has 18 heavy (non-hydrogen) atoms. The Balaban J connectivity index is 2.21. The lowest BCUT2D eigenvalue weighted by molar-refractivity contribution is -0.730. The van der Waals surface area contributed by atoms with Gasteiger partial charge in [0.25, 0.3) is 4.92 Å². The van der Waals surface area contributed by atoms with Gasteiger partial charge in [-0.3, -0.25) is 4.68 Å². The average Bonchev–Trinajstić information content (AvgIpc) is 2.71. The SMILES string of the molecule is Cc1nn(Cc2ccc(C#N)cc2)cc1[N+](=O)O. The maximum Gasteiger partial charge on any atom is 0.356 e. The van der Waals surface area contributed by atoms with Crippen molar-refractivity contribution in [2.75, 3.05) is 0 Å². The molecule has 0 atom stereocenters. The second kappa shape index (κ2) is 4.67. The summed E-state index contributed by atoms with van der Waals surface area (Å²) in [4.78, 5) is 10.6. The van der Waals surface area contributed by atoms with E-state index in [1.807, 2.05) is 18.2 Å². The van der Waals surface area contributed by atoms with Gasteiger partial charge >= 0.3 is 5.69 Å². The third kappa shape index (κ3) is 2.35. The first kappa shape index (κ1) is 11.8. The summed E-state index contributed by atoms with van der Waals surface area (Å²) in [5.41, 5.74) is 2.14. The molecule has 0 aliphatic heterocycles. The number of hydrogen-bond donors (Lipinski definition) is 1. The van der Waals surface area contributed by atoms with Gasteiger partial charge in [-0.05, 0) is 24.6 Å². The Morgan fingerprint density at radius 1 is 1.44 bits per heavy atom. The molecule has 0 fully saturated rings. The summed E-state index contributed by atoms with van der Waals surface area (Å²) >= 11 is 0. The molecule has 90 valence electrons. The van der Waals surface area contributed by atoms with Crippen LogP contribution in [-0.2, 0) is 6.54 Å². The fraction of sp³-hybridized carbons (Fsp3) is 0.167. The van der Waals surface area contributed by atoms with Crippen LogP contribution in [0.1, 0.15) is 16.8 Å². The highest BCUT2D eigenvalue weighted by atomic mass is 16.6. The van der Waals surface area contributed by atoms with Gasteiger partial charge in [0.2, 0.25) is 0 Å². The molecule has 0 aliphatic rings. The molecule has 2 aromatic rings. The number of hydrogen-bond acceptors (Lipinski definition) is 3. The van der Waals surface area contributed by atoms with Crippen LogP contribution in [0.5, 0.6) is 0 Å². The minimum absolute atomic E-state index is 0.128. The van der Waals surface area contributed by atoms with E-state index in [0.717, 1.165) is 5.56 Å². The quantitative estimate of drug-likeness (QED) is 0.835. The number of benzene rings is 1. The summed E-state index contributed by atoms with van der Waals surface area (Å²) in [7, 11) is 0. The van der Waals surface area contributed by atoms with Crippen molar-refractivity contribution in [2.24, 2.45) is 0 Å².